The zero-order valence-corrected chi connectivity index (χ0v) is 15.5. The first-order valence-corrected chi connectivity index (χ1v) is 8.88. The fraction of sp³-hybridized carbons (Fsp3) is 0.500. The van der Waals surface area contributed by atoms with Gasteiger partial charge in [-0.1, -0.05) is 17.7 Å². The molecule has 1 aromatic heterocycles. The van der Waals surface area contributed by atoms with Gasteiger partial charge in [-0.25, -0.2) is 0 Å². The van der Waals surface area contributed by atoms with Crippen molar-refractivity contribution in [3.63, 3.8) is 0 Å². The van der Waals surface area contributed by atoms with E-state index in [1.54, 1.807) is 31.1 Å². The summed E-state index contributed by atoms with van der Waals surface area (Å²) in [6.45, 7) is 3.68. The van der Waals surface area contributed by atoms with Crippen LogP contribution >= 0.6 is 11.6 Å². The number of nitrogens with zero attached hydrogens (tertiary/aromatic N) is 4. The topological polar surface area (TPSA) is 62.5 Å². The molecule has 0 radical (unpaired) electrons. The highest BCUT2D eigenvalue weighted by atomic mass is 35.5. The minimum atomic E-state index is -0.0294. The van der Waals surface area contributed by atoms with Gasteiger partial charge in [-0.3, -0.25) is 9.69 Å². The number of piperidine rings is 1. The van der Waals surface area contributed by atoms with Crippen LogP contribution in [-0.4, -0.2) is 53.1 Å². The molecule has 1 fully saturated rings. The zero-order chi connectivity index (χ0) is 18.0. The summed E-state index contributed by atoms with van der Waals surface area (Å²) in [5.41, 5.74) is 0.803. The van der Waals surface area contributed by atoms with E-state index in [9.17, 15) is 4.79 Å². The number of likely N-dealkylation sites (tertiary alicyclic amines) is 1. The Morgan fingerprint density at radius 2 is 2.20 bits per heavy atom. The molecule has 2 unspecified atom stereocenters. The first kappa shape index (κ1) is 17.9. The highest BCUT2D eigenvalue weighted by Crippen LogP contribution is 2.29. The molecule has 0 spiro atoms. The number of carbonyl (C=O) groups excluding carboxylic acids is 1. The molecule has 0 saturated carbocycles. The molecule has 0 aliphatic carbocycles. The molecule has 0 N–H and O–H groups in total. The van der Waals surface area contributed by atoms with Gasteiger partial charge in [-0.15, -0.1) is 10.2 Å². The number of hydrogen-bond donors (Lipinski definition) is 0. The van der Waals surface area contributed by atoms with E-state index in [1.807, 2.05) is 19.1 Å². The highest BCUT2D eigenvalue weighted by molar-refractivity contribution is 6.30. The molecule has 1 amide bonds. The molecule has 1 aliphatic rings. The number of amides is 1. The van der Waals surface area contributed by atoms with E-state index in [-0.39, 0.29) is 17.9 Å². The van der Waals surface area contributed by atoms with Crippen molar-refractivity contribution in [3.8, 4) is 11.5 Å². The summed E-state index contributed by atoms with van der Waals surface area (Å²) in [4.78, 5) is 16.2. The first-order valence-electron chi connectivity index (χ1n) is 8.50. The minimum absolute atomic E-state index is 0.0292. The lowest BCUT2D eigenvalue weighted by Gasteiger charge is -2.35. The van der Waals surface area contributed by atoms with Crippen LogP contribution in [0.2, 0.25) is 5.02 Å². The van der Waals surface area contributed by atoms with Crippen molar-refractivity contribution in [1.82, 2.24) is 20.0 Å². The van der Waals surface area contributed by atoms with Crippen molar-refractivity contribution in [1.29, 1.82) is 0 Å². The van der Waals surface area contributed by atoms with Crippen LogP contribution < -0.4 is 0 Å². The molecule has 3 rings (SSSR count). The lowest BCUT2D eigenvalue weighted by atomic mass is 9.95. The van der Waals surface area contributed by atoms with Crippen molar-refractivity contribution in [2.75, 3.05) is 27.2 Å². The normalized spacial score (nSPS) is 19.6. The van der Waals surface area contributed by atoms with E-state index in [0.717, 1.165) is 24.9 Å². The summed E-state index contributed by atoms with van der Waals surface area (Å²) in [6.07, 6.45) is 1.92. The van der Waals surface area contributed by atoms with E-state index in [1.165, 1.54) is 0 Å². The van der Waals surface area contributed by atoms with Gasteiger partial charge < -0.3 is 9.32 Å². The Bertz CT molecular complexity index is 746. The molecule has 134 valence electrons. The van der Waals surface area contributed by atoms with Gasteiger partial charge in [0, 0.05) is 31.2 Å². The van der Waals surface area contributed by atoms with Crippen molar-refractivity contribution < 1.29 is 9.21 Å². The van der Waals surface area contributed by atoms with Crippen molar-refractivity contribution in [2.24, 2.45) is 5.92 Å². The molecule has 6 nitrogen and oxygen atoms in total. The SMILES string of the molecule is CC(c1nnc(-c2cccc(Cl)c2)o1)N1CCCC(C(=O)N(C)C)C1. The predicted molar refractivity (Wildman–Crippen MR) is 96.2 cm³/mol. The zero-order valence-electron chi connectivity index (χ0n) is 14.8. The van der Waals surface area contributed by atoms with E-state index in [0.29, 0.717) is 23.3 Å². The fourth-order valence-corrected chi connectivity index (χ4v) is 3.41. The molecule has 0 bridgehead atoms. The summed E-state index contributed by atoms with van der Waals surface area (Å²) in [6, 6.07) is 7.32. The van der Waals surface area contributed by atoms with Gasteiger partial charge in [0.15, 0.2) is 0 Å². The molecule has 1 saturated heterocycles. The maximum Gasteiger partial charge on any atom is 0.247 e. The van der Waals surface area contributed by atoms with E-state index >= 15 is 0 Å². The molecule has 2 heterocycles. The van der Waals surface area contributed by atoms with Gasteiger partial charge in [0.2, 0.25) is 17.7 Å². The van der Waals surface area contributed by atoms with E-state index < -0.39 is 0 Å². The molecule has 25 heavy (non-hydrogen) atoms. The largest absolute Gasteiger partial charge is 0.419 e. The standard InChI is InChI=1S/C18H23ClN4O2/c1-12(23-9-5-7-14(11-23)18(24)22(2)3)16-20-21-17(25-16)13-6-4-8-15(19)10-13/h4,6,8,10,12,14H,5,7,9,11H2,1-3H3. The molecular formula is C18H23ClN4O2. The van der Waals surface area contributed by atoms with Crippen LogP contribution in [0, 0.1) is 5.92 Å². The summed E-state index contributed by atoms with van der Waals surface area (Å²) in [5.74, 6) is 1.23. The number of benzene rings is 1. The minimum Gasteiger partial charge on any atom is -0.419 e. The Kier molecular flexibility index (Phi) is 5.39. The average molecular weight is 363 g/mol. The van der Waals surface area contributed by atoms with Gasteiger partial charge in [-0.2, -0.15) is 0 Å². The Labute approximate surface area is 152 Å². The third kappa shape index (κ3) is 4.02. The lowest BCUT2D eigenvalue weighted by Crippen LogP contribution is -2.43. The second-order valence-corrected chi connectivity index (χ2v) is 7.13. The fourth-order valence-electron chi connectivity index (χ4n) is 3.22. The molecular weight excluding hydrogens is 340 g/mol. The Balaban J connectivity index is 1.73. The second kappa shape index (κ2) is 7.54. The number of hydrogen-bond acceptors (Lipinski definition) is 5. The van der Waals surface area contributed by atoms with E-state index in [2.05, 4.69) is 15.1 Å². The van der Waals surface area contributed by atoms with Gasteiger partial charge in [0.1, 0.15) is 0 Å². The van der Waals surface area contributed by atoms with Crippen LogP contribution in [0.1, 0.15) is 31.7 Å². The smallest absolute Gasteiger partial charge is 0.247 e. The second-order valence-electron chi connectivity index (χ2n) is 6.70. The van der Waals surface area contributed by atoms with Gasteiger partial charge in [0.05, 0.1) is 12.0 Å². The number of carbonyl (C=O) groups is 1. The highest BCUT2D eigenvalue weighted by Gasteiger charge is 2.31. The maximum absolute atomic E-state index is 12.3. The van der Waals surface area contributed by atoms with Crippen molar-refractivity contribution >= 4 is 17.5 Å². The van der Waals surface area contributed by atoms with Crippen LogP contribution in [0.3, 0.4) is 0 Å². The van der Waals surface area contributed by atoms with Crippen LogP contribution in [0.5, 0.6) is 0 Å². The summed E-state index contributed by atoms with van der Waals surface area (Å²) in [7, 11) is 3.61. The summed E-state index contributed by atoms with van der Waals surface area (Å²) >= 11 is 6.02. The monoisotopic (exact) mass is 362 g/mol. The molecule has 7 heteroatoms. The van der Waals surface area contributed by atoms with Crippen molar-refractivity contribution in [2.45, 2.75) is 25.8 Å². The van der Waals surface area contributed by atoms with Gasteiger partial charge in [-0.05, 0) is 44.5 Å². The van der Waals surface area contributed by atoms with Gasteiger partial charge in [0.25, 0.3) is 0 Å². The molecule has 2 aromatic rings. The number of aromatic nitrogens is 2. The summed E-state index contributed by atoms with van der Waals surface area (Å²) in [5, 5.41) is 8.99. The van der Waals surface area contributed by atoms with Gasteiger partial charge >= 0.3 is 0 Å². The van der Waals surface area contributed by atoms with Crippen molar-refractivity contribution in [3.05, 3.63) is 35.2 Å². The first-order chi connectivity index (χ1) is 12.0. The van der Waals surface area contributed by atoms with Crippen LogP contribution in [0.15, 0.2) is 28.7 Å². The maximum atomic E-state index is 12.3. The Hall–Kier alpha value is -1.92. The summed E-state index contributed by atoms with van der Waals surface area (Å²) < 4.78 is 5.87. The van der Waals surface area contributed by atoms with Crippen LogP contribution in [-0.2, 0) is 4.79 Å². The number of rotatable bonds is 4. The molecule has 1 aliphatic heterocycles. The van der Waals surface area contributed by atoms with Crippen LogP contribution in [0.4, 0.5) is 0 Å². The Morgan fingerprint density at radius 1 is 1.40 bits per heavy atom. The predicted octanol–water partition coefficient (Wildman–Crippen LogP) is 3.25. The third-order valence-corrected chi connectivity index (χ3v) is 4.90. The molecule has 1 aromatic carbocycles. The quantitative estimate of drug-likeness (QED) is 0.835. The van der Waals surface area contributed by atoms with E-state index in [4.69, 9.17) is 16.0 Å². The average Bonchev–Trinajstić information content (AvgIpc) is 3.10. The van der Waals surface area contributed by atoms with Crippen LogP contribution in [0.25, 0.3) is 11.5 Å². The number of halogens is 1. The lowest BCUT2D eigenvalue weighted by molar-refractivity contribution is -0.135. The third-order valence-electron chi connectivity index (χ3n) is 4.66. The Morgan fingerprint density at radius 3 is 2.92 bits per heavy atom. The molecule has 2 atom stereocenters.